The second-order valence-electron chi connectivity index (χ2n) is 5.74. The van der Waals surface area contributed by atoms with Gasteiger partial charge in [0.15, 0.2) is 5.96 Å². The SMILES string of the molecule is CN=C(NC)N1CCCC2(CCCCCC2)C1.I. The molecule has 1 saturated carbocycles. The number of hydrogen-bond acceptors (Lipinski definition) is 1. The summed E-state index contributed by atoms with van der Waals surface area (Å²) in [6, 6.07) is 0. The molecule has 2 rings (SSSR count). The summed E-state index contributed by atoms with van der Waals surface area (Å²) >= 11 is 0. The lowest BCUT2D eigenvalue weighted by Gasteiger charge is -2.43. The molecule has 1 N–H and O–H groups in total. The first-order valence-electron chi connectivity index (χ1n) is 7.19. The third-order valence-corrected chi connectivity index (χ3v) is 4.56. The molecule has 1 aliphatic carbocycles. The summed E-state index contributed by atoms with van der Waals surface area (Å²) in [6.07, 6.45) is 11.4. The van der Waals surface area contributed by atoms with E-state index in [0.29, 0.717) is 5.41 Å². The van der Waals surface area contributed by atoms with Gasteiger partial charge in [-0.25, -0.2) is 0 Å². The normalized spacial score (nSPS) is 24.3. The average Bonchev–Trinajstić information content (AvgIpc) is 2.57. The van der Waals surface area contributed by atoms with E-state index < -0.39 is 0 Å². The highest BCUT2D eigenvalue weighted by molar-refractivity contribution is 14.0. The van der Waals surface area contributed by atoms with Crippen LogP contribution in [0.25, 0.3) is 0 Å². The highest BCUT2D eigenvalue weighted by Gasteiger charge is 2.36. The average molecular weight is 365 g/mol. The van der Waals surface area contributed by atoms with Crippen LogP contribution < -0.4 is 5.32 Å². The van der Waals surface area contributed by atoms with Gasteiger partial charge < -0.3 is 10.2 Å². The van der Waals surface area contributed by atoms with Crippen molar-refractivity contribution in [2.45, 2.75) is 51.4 Å². The molecular weight excluding hydrogens is 337 g/mol. The Kier molecular flexibility index (Phi) is 6.74. The molecule has 106 valence electrons. The number of rotatable bonds is 0. The Morgan fingerprint density at radius 1 is 1.06 bits per heavy atom. The van der Waals surface area contributed by atoms with Gasteiger partial charge in [-0.2, -0.15) is 0 Å². The number of likely N-dealkylation sites (tertiary alicyclic amines) is 1. The monoisotopic (exact) mass is 365 g/mol. The molecule has 4 heteroatoms. The van der Waals surface area contributed by atoms with Gasteiger partial charge in [0.05, 0.1) is 0 Å². The predicted molar refractivity (Wildman–Crippen MR) is 88.8 cm³/mol. The van der Waals surface area contributed by atoms with Gasteiger partial charge in [0, 0.05) is 27.2 Å². The van der Waals surface area contributed by atoms with E-state index in [-0.39, 0.29) is 24.0 Å². The van der Waals surface area contributed by atoms with Gasteiger partial charge in [-0.05, 0) is 31.1 Å². The first-order chi connectivity index (χ1) is 8.29. The largest absolute Gasteiger partial charge is 0.359 e. The quantitative estimate of drug-likeness (QED) is 0.406. The molecule has 1 heterocycles. The van der Waals surface area contributed by atoms with E-state index in [9.17, 15) is 0 Å². The van der Waals surface area contributed by atoms with E-state index in [1.165, 1.54) is 64.5 Å². The zero-order valence-electron chi connectivity index (χ0n) is 11.9. The molecule has 2 fully saturated rings. The molecule has 2 aliphatic rings. The second kappa shape index (κ2) is 7.56. The molecular formula is C14H28IN3. The fourth-order valence-electron chi connectivity index (χ4n) is 3.69. The second-order valence-corrected chi connectivity index (χ2v) is 5.74. The fraction of sp³-hybridized carbons (Fsp3) is 0.929. The van der Waals surface area contributed by atoms with E-state index in [4.69, 9.17) is 0 Å². The van der Waals surface area contributed by atoms with E-state index in [1.54, 1.807) is 0 Å². The lowest BCUT2D eigenvalue weighted by atomic mass is 9.74. The van der Waals surface area contributed by atoms with Crippen LogP contribution in [-0.2, 0) is 0 Å². The fourth-order valence-corrected chi connectivity index (χ4v) is 3.69. The molecule has 1 aliphatic heterocycles. The lowest BCUT2D eigenvalue weighted by Crippen LogP contribution is -2.49. The molecule has 0 aromatic rings. The summed E-state index contributed by atoms with van der Waals surface area (Å²) in [6.45, 7) is 2.40. The van der Waals surface area contributed by atoms with Crippen molar-refractivity contribution < 1.29 is 0 Å². The van der Waals surface area contributed by atoms with Crippen molar-refractivity contribution in [3.05, 3.63) is 0 Å². The maximum absolute atomic E-state index is 4.36. The molecule has 1 spiro atoms. The summed E-state index contributed by atoms with van der Waals surface area (Å²) in [5.74, 6) is 1.08. The van der Waals surface area contributed by atoms with Crippen LogP contribution in [0.5, 0.6) is 0 Å². The lowest BCUT2D eigenvalue weighted by molar-refractivity contribution is 0.116. The third-order valence-electron chi connectivity index (χ3n) is 4.56. The topological polar surface area (TPSA) is 27.6 Å². The van der Waals surface area contributed by atoms with Crippen molar-refractivity contribution in [3.63, 3.8) is 0 Å². The molecule has 0 radical (unpaired) electrons. The summed E-state index contributed by atoms with van der Waals surface area (Å²) in [4.78, 5) is 6.83. The maximum atomic E-state index is 4.36. The summed E-state index contributed by atoms with van der Waals surface area (Å²) in [5, 5.41) is 3.23. The Bertz CT molecular complexity index is 270. The molecule has 0 unspecified atom stereocenters. The van der Waals surface area contributed by atoms with Crippen LogP contribution in [0.3, 0.4) is 0 Å². The Morgan fingerprint density at radius 3 is 2.22 bits per heavy atom. The minimum atomic E-state index is 0. The van der Waals surface area contributed by atoms with E-state index >= 15 is 0 Å². The number of nitrogens with one attached hydrogen (secondary N) is 1. The molecule has 18 heavy (non-hydrogen) atoms. The van der Waals surface area contributed by atoms with Gasteiger partial charge >= 0.3 is 0 Å². The molecule has 0 aromatic heterocycles. The molecule has 0 atom stereocenters. The standard InChI is InChI=1S/C14H27N3.HI/c1-15-13(16-2)17-11-7-10-14(12-17)8-5-3-4-6-9-14;/h3-12H2,1-2H3,(H,15,16);1H. The van der Waals surface area contributed by atoms with Crippen molar-refractivity contribution in [1.82, 2.24) is 10.2 Å². The zero-order valence-corrected chi connectivity index (χ0v) is 14.2. The van der Waals surface area contributed by atoms with Crippen molar-refractivity contribution in [2.75, 3.05) is 27.2 Å². The van der Waals surface area contributed by atoms with E-state index in [2.05, 4.69) is 15.2 Å². The van der Waals surface area contributed by atoms with Gasteiger partial charge in [0.25, 0.3) is 0 Å². The van der Waals surface area contributed by atoms with Gasteiger partial charge in [0.1, 0.15) is 0 Å². The smallest absolute Gasteiger partial charge is 0.193 e. The number of piperidine rings is 1. The Balaban J connectivity index is 0.00000162. The summed E-state index contributed by atoms with van der Waals surface area (Å²) in [5.41, 5.74) is 0.599. The molecule has 0 amide bonds. The molecule has 0 aromatic carbocycles. The van der Waals surface area contributed by atoms with Gasteiger partial charge in [-0.1, -0.05) is 25.7 Å². The van der Waals surface area contributed by atoms with Gasteiger partial charge in [-0.15, -0.1) is 24.0 Å². The minimum Gasteiger partial charge on any atom is -0.359 e. The number of aliphatic imine (C=N–C) groups is 1. The molecule has 1 saturated heterocycles. The van der Waals surface area contributed by atoms with E-state index in [1.807, 2.05) is 14.1 Å². The molecule has 3 nitrogen and oxygen atoms in total. The highest BCUT2D eigenvalue weighted by atomic mass is 127. The van der Waals surface area contributed by atoms with Crippen LogP contribution >= 0.6 is 24.0 Å². The Hall–Kier alpha value is 0. The first kappa shape index (κ1) is 16.1. The van der Waals surface area contributed by atoms with Crippen LogP contribution in [0.1, 0.15) is 51.4 Å². The number of hydrogen-bond donors (Lipinski definition) is 1. The van der Waals surface area contributed by atoms with Crippen LogP contribution in [-0.4, -0.2) is 38.0 Å². The van der Waals surface area contributed by atoms with E-state index in [0.717, 1.165) is 5.96 Å². The van der Waals surface area contributed by atoms with Crippen LogP contribution in [0, 0.1) is 5.41 Å². The number of nitrogens with zero attached hydrogens (tertiary/aromatic N) is 2. The van der Waals surface area contributed by atoms with Crippen LogP contribution in [0.2, 0.25) is 0 Å². The first-order valence-corrected chi connectivity index (χ1v) is 7.19. The van der Waals surface area contributed by atoms with Crippen molar-refractivity contribution in [1.29, 1.82) is 0 Å². The van der Waals surface area contributed by atoms with Crippen LogP contribution in [0.15, 0.2) is 4.99 Å². The number of halogens is 1. The number of guanidine groups is 1. The summed E-state index contributed by atoms with van der Waals surface area (Å²) < 4.78 is 0. The van der Waals surface area contributed by atoms with Gasteiger partial charge in [-0.3, -0.25) is 4.99 Å². The predicted octanol–water partition coefficient (Wildman–Crippen LogP) is 3.25. The van der Waals surface area contributed by atoms with Crippen molar-refractivity contribution >= 4 is 29.9 Å². The Labute approximate surface area is 129 Å². The van der Waals surface area contributed by atoms with Gasteiger partial charge in [0.2, 0.25) is 0 Å². The molecule has 0 bridgehead atoms. The Morgan fingerprint density at radius 2 is 1.67 bits per heavy atom. The maximum Gasteiger partial charge on any atom is 0.193 e. The highest BCUT2D eigenvalue weighted by Crippen LogP contribution is 2.42. The van der Waals surface area contributed by atoms with Crippen molar-refractivity contribution in [3.8, 4) is 0 Å². The summed E-state index contributed by atoms with van der Waals surface area (Å²) in [7, 11) is 3.87. The minimum absolute atomic E-state index is 0. The third kappa shape index (κ3) is 3.75. The van der Waals surface area contributed by atoms with Crippen LogP contribution in [0.4, 0.5) is 0 Å². The van der Waals surface area contributed by atoms with Crippen molar-refractivity contribution in [2.24, 2.45) is 10.4 Å². The zero-order chi connectivity index (χ0) is 12.1.